The Morgan fingerprint density at radius 3 is 2.43 bits per heavy atom. The maximum atomic E-state index is 12.6. The summed E-state index contributed by atoms with van der Waals surface area (Å²) in [7, 11) is 0. The second kappa shape index (κ2) is 13.7. The van der Waals surface area contributed by atoms with Crippen molar-refractivity contribution in [3.05, 3.63) is 99.6 Å². The third-order valence-electron chi connectivity index (χ3n) is 5.36. The van der Waals surface area contributed by atoms with Crippen LogP contribution in [0.4, 0.5) is 0 Å². The van der Waals surface area contributed by atoms with Crippen molar-refractivity contribution in [2.75, 3.05) is 13.2 Å². The predicted octanol–water partition coefficient (Wildman–Crippen LogP) is 5.67. The second-order valence-electron chi connectivity index (χ2n) is 8.07. The molecular weight excluding hydrogens is 492 g/mol. The lowest BCUT2D eigenvalue weighted by atomic mass is 10.1. The van der Waals surface area contributed by atoms with Crippen LogP contribution in [0, 0.1) is 11.3 Å². The van der Waals surface area contributed by atoms with E-state index < -0.39 is 11.9 Å². The Bertz CT molecular complexity index is 1300. The molecule has 0 aliphatic heterocycles. The number of nitrogens with zero attached hydrogens (tertiary/aromatic N) is 1. The van der Waals surface area contributed by atoms with Crippen molar-refractivity contribution in [2.45, 2.75) is 26.4 Å². The molecule has 0 heterocycles. The first-order valence-corrected chi connectivity index (χ1v) is 12.1. The number of carbonyl (C=O) groups is 2. The summed E-state index contributed by atoms with van der Waals surface area (Å²) < 4.78 is 11.6. The van der Waals surface area contributed by atoms with Crippen molar-refractivity contribution < 1.29 is 24.2 Å². The number of amides is 1. The Balaban J connectivity index is 1.68. The minimum Gasteiger partial charge on any atom is -0.490 e. The molecule has 0 radical (unpaired) electrons. The zero-order valence-corrected chi connectivity index (χ0v) is 21.1. The molecule has 37 heavy (non-hydrogen) atoms. The fourth-order valence-electron chi connectivity index (χ4n) is 3.52. The van der Waals surface area contributed by atoms with Gasteiger partial charge in [0.15, 0.2) is 11.5 Å². The number of aromatic carboxylic acids is 1. The molecule has 0 fully saturated rings. The van der Waals surface area contributed by atoms with Crippen LogP contribution < -0.4 is 14.8 Å². The number of nitrogens with one attached hydrogen (secondary N) is 1. The van der Waals surface area contributed by atoms with Crippen molar-refractivity contribution in [1.29, 1.82) is 5.26 Å². The molecule has 2 N–H and O–H groups in total. The Kier molecular flexibility index (Phi) is 10.1. The summed E-state index contributed by atoms with van der Waals surface area (Å²) in [6, 6.07) is 21.5. The zero-order chi connectivity index (χ0) is 26.6. The van der Waals surface area contributed by atoms with E-state index in [1.54, 1.807) is 24.3 Å². The molecule has 0 spiro atoms. The maximum absolute atomic E-state index is 12.6. The molecule has 0 bridgehead atoms. The number of nitriles is 1. The minimum absolute atomic E-state index is 0.0505. The molecule has 3 rings (SSSR count). The highest BCUT2D eigenvalue weighted by atomic mass is 35.5. The van der Waals surface area contributed by atoms with Crippen LogP contribution in [0.2, 0.25) is 5.02 Å². The number of carbonyl (C=O) groups excluding carboxylic acids is 1. The summed E-state index contributed by atoms with van der Waals surface area (Å²) in [6.07, 6.45) is 3.03. The average molecular weight is 519 g/mol. The smallest absolute Gasteiger partial charge is 0.335 e. The van der Waals surface area contributed by atoms with Crippen LogP contribution >= 0.6 is 11.6 Å². The van der Waals surface area contributed by atoms with E-state index in [1.807, 2.05) is 43.3 Å². The maximum Gasteiger partial charge on any atom is 0.335 e. The third kappa shape index (κ3) is 8.13. The van der Waals surface area contributed by atoms with Gasteiger partial charge in [-0.1, -0.05) is 54.1 Å². The van der Waals surface area contributed by atoms with Gasteiger partial charge in [-0.2, -0.15) is 5.26 Å². The number of hydrogen-bond acceptors (Lipinski definition) is 5. The molecule has 0 aliphatic rings. The molecule has 1 amide bonds. The topological polar surface area (TPSA) is 109 Å². The van der Waals surface area contributed by atoms with Gasteiger partial charge in [0.25, 0.3) is 5.91 Å². The largest absolute Gasteiger partial charge is 0.490 e. The lowest BCUT2D eigenvalue weighted by Gasteiger charge is -2.15. The lowest BCUT2D eigenvalue weighted by Crippen LogP contribution is -2.25. The normalized spacial score (nSPS) is 10.9. The van der Waals surface area contributed by atoms with E-state index in [2.05, 4.69) is 5.32 Å². The first kappa shape index (κ1) is 27.3. The number of halogens is 1. The molecule has 0 atom stereocenters. The lowest BCUT2D eigenvalue weighted by molar-refractivity contribution is -0.117. The molecule has 8 heteroatoms. The van der Waals surface area contributed by atoms with Crippen molar-refractivity contribution in [1.82, 2.24) is 5.32 Å². The fourth-order valence-corrected chi connectivity index (χ4v) is 3.80. The standard InChI is InChI=1S/C29H27ClN2O5/c1-2-36-26-17-22(15-24(18-31)28(33)32-14-6-9-20-7-4-3-5-8-20)16-25(30)27(26)37-19-21-10-12-23(13-11-21)29(34)35/h3-5,7-8,10-13,15-17H,2,6,9,14,19H2,1H3,(H,32,33)(H,34,35)/b24-15-. The molecule has 7 nitrogen and oxygen atoms in total. The van der Waals surface area contributed by atoms with E-state index >= 15 is 0 Å². The molecule has 3 aromatic rings. The summed E-state index contributed by atoms with van der Waals surface area (Å²) in [4.78, 5) is 23.6. The first-order valence-electron chi connectivity index (χ1n) is 11.8. The van der Waals surface area contributed by atoms with E-state index in [-0.39, 0.29) is 22.8 Å². The Morgan fingerprint density at radius 2 is 1.78 bits per heavy atom. The summed E-state index contributed by atoms with van der Waals surface area (Å²) in [5.74, 6) is -0.791. The van der Waals surface area contributed by atoms with E-state index in [1.165, 1.54) is 23.8 Å². The van der Waals surface area contributed by atoms with E-state index in [4.69, 9.17) is 26.2 Å². The molecule has 0 aliphatic carbocycles. The van der Waals surface area contributed by atoms with Crippen LogP contribution in [-0.2, 0) is 17.8 Å². The minimum atomic E-state index is -1.00. The van der Waals surface area contributed by atoms with Gasteiger partial charge in [0.2, 0.25) is 0 Å². The van der Waals surface area contributed by atoms with Crippen LogP contribution in [0.3, 0.4) is 0 Å². The molecule has 0 unspecified atom stereocenters. The highest BCUT2D eigenvalue weighted by molar-refractivity contribution is 6.32. The van der Waals surface area contributed by atoms with Gasteiger partial charge in [-0.3, -0.25) is 4.79 Å². The summed E-state index contributed by atoms with van der Waals surface area (Å²) in [5, 5.41) is 21.6. The average Bonchev–Trinajstić information content (AvgIpc) is 2.90. The summed E-state index contributed by atoms with van der Waals surface area (Å²) in [5.41, 5.74) is 2.59. The van der Waals surface area contributed by atoms with Crippen LogP contribution in [0.1, 0.15) is 40.4 Å². The van der Waals surface area contributed by atoms with E-state index in [0.29, 0.717) is 30.2 Å². The van der Waals surface area contributed by atoms with Gasteiger partial charge in [0, 0.05) is 6.54 Å². The Morgan fingerprint density at radius 1 is 1.05 bits per heavy atom. The van der Waals surface area contributed by atoms with Gasteiger partial charge >= 0.3 is 5.97 Å². The monoisotopic (exact) mass is 518 g/mol. The number of ether oxygens (including phenoxy) is 2. The Hall–Kier alpha value is -4.28. The van der Waals surface area contributed by atoms with Gasteiger partial charge < -0.3 is 19.9 Å². The molecule has 0 aromatic heterocycles. The fraction of sp³-hybridized carbons (Fsp3) is 0.207. The number of carboxylic acids is 1. The summed E-state index contributed by atoms with van der Waals surface area (Å²) in [6.45, 7) is 2.75. The van der Waals surface area contributed by atoms with Gasteiger partial charge in [-0.15, -0.1) is 0 Å². The SMILES string of the molecule is CCOc1cc(/C=C(/C#N)C(=O)NCCCc2ccccc2)cc(Cl)c1OCc1ccc(C(=O)O)cc1. The molecule has 3 aromatic carbocycles. The Labute approximate surface area is 220 Å². The molecular formula is C29H27ClN2O5. The number of hydrogen-bond donors (Lipinski definition) is 2. The van der Waals surface area contributed by atoms with Gasteiger partial charge in [0.1, 0.15) is 18.2 Å². The van der Waals surface area contributed by atoms with Gasteiger partial charge in [-0.05, 0) is 66.8 Å². The van der Waals surface area contributed by atoms with Crippen LogP contribution in [0.15, 0.2) is 72.3 Å². The molecule has 0 saturated heterocycles. The molecule has 190 valence electrons. The van der Waals surface area contributed by atoms with Crippen LogP contribution in [0.25, 0.3) is 6.08 Å². The number of aryl methyl sites for hydroxylation is 1. The highest BCUT2D eigenvalue weighted by Crippen LogP contribution is 2.38. The highest BCUT2D eigenvalue weighted by Gasteiger charge is 2.15. The van der Waals surface area contributed by atoms with Gasteiger partial charge in [-0.25, -0.2) is 4.79 Å². The van der Waals surface area contributed by atoms with Crippen molar-refractivity contribution in [2.24, 2.45) is 0 Å². The second-order valence-corrected chi connectivity index (χ2v) is 8.48. The first-order chi connectivity index (χ1) is 17.9. The number of benzene rings is 3. The number of rotatable bonds is 12. The quantitative estimate of drug-likeness (QED) is 0.181. The van der Waals surface area contributed by atoms with E-state index in [0.717, 1.165) is 18.4 Å². The van der Waals surface area contributed by atoms with Gasteiger partial charge in [0.05, 0.1) is 17.2 Å². The zero-order valence-electron chi connectivity index (χ0n) is 20.4. The molecule has 0 saturated carbocycles. The number of carboxylic acid groups (broad SMARTS) is 1. The van der Waals surface area contributed by atoms with Crippen molar-refractivity contribution >= 4 is 29.6 Å². The van der Waals surface area contributed by atoms with Crippen molar-refractivity contribution in [3.63, 3.8) is 0 Å². The van der Waals surface area contributed by atoms with Crippen LogP contribution in [-0.4, -0.2) is 30.1 Å². The predicted molar refractivity (Wildman–Crippen MR) is 142 cm³/mol. The summed E-state index contributed by atoms with van der Waals surface area (Å²) >= 11 is 6.47. The third-order valence-corrected chi connectivity index (χ3v) is 5.64. The van der Waals surface area contributed by atoms with Crippen molar-refractivity contribution in [3.8, 4) is 17.6 Å². The van der Waals surface area contributed by atoms with Crippen LogP contribution in [0.5, 0.6) is 11.5 Å². The van der Waals surface area contributed by atoms with E-state index in [9.17, 15) is 14.9 Å².